The topological polar surface area (TPSA) is 76.9 Å². The van der Waals surface area contributed by atoms with Crippen LogP contribution in [0, 0.1) is 11.3 Å². The van der Waals surface area contributed by atoms with E-state index in [4.69, 9.17) is 16.9 Å². The lowest BCUT2D eigenvalue weighted by atomic mass is 10.1. The second kappa shape index (κ2) is 3.30. The van der Waals surface area contributed by atoms with E-state index >= 15 is 0 Å². The molecule has 15 heavy (non-hydrogen) atoms. The van der Waals surface area contributed by atoms with Crippen LogP contribution in [0.25, 0.3) is 10.9 Å². The Morgan fingerprint density at radius 3 is 2.87 bits per heavy atom. The normalized spacial score (nSPS) is 10.1. The SMILES string of the molecule is N#Cc1c(O)c2c(Cl)cccc2[nH]c1=O. The maximum atomic E-state index is 11.3. The summed E-state index contributed by atoms with van der Waals surface area (Å²) in [6, 6.07) is 6.45. The fourth-order valence-electron chi connectivity index (χ4n) is 1.39. The lowest BCUT2D eigenvalue weighted by Crippen LogP contribution is -2.10. The van der Waals surface area contributed by atoms with E-state index in [9.17, 15) is 9.90 Å². The maximum absolute atomic E-state index is 11.3. The van der Waals surface area contributed by atoms with Gasteiger partial charge in [0.15, 0.2) is 5.56 Å². The largest absolute Gasteiger partial charge is 0.506 e. The van der Waals surface area contributed by atoms with Crippen molar-refractivity contribution in [2.75, 3.05) is 0 Å². The third-order valence-corrected chi connectivity index (χ3v) is 2.39. The summed E-state index contributed by atoms with van der Waals surface area (Å²) in [5.41, 5.74) is -0.538. The zero-order valence-electron chi connectivity index (χ0n) is 7.41. The Morgan fingerprint density at radius 2 is 2.20 bits per heavy atom. The van der Waals surface area contributed by atoms with Crippen molar-refractivity contribution in [3.63, 3.8) is 0 Å². The van der Waals surface area contributed by atoms with Crippen LogP contribution in [0.2, 0.25) is 5.02 Å². The van der Waals surface area contributed by atoms with E-state index in [2.05, 4.69) is 4.98 Å². The summed E-state index contributed by atoms with van der Waals surface area (Å²) in [6.07, 6.45) is 0. The minimum atomic E-state index is -0.621. The van der Waals surface area contributed by atoms with Gasteiger partial charge in [-0.1, -0.05) is 17.7 Å². The van der Waals surface area contributed by atoms with Crippen LogP contribution in [0.5, 0.6) is 5.75 Å². The molecular weight excluding hydrogens is 216 g/mol. The number of nitrogens with one attached hydrogen (secondary N) is 1. The van der Waals surface area contributed by atoms with Gasteiger partial charge in [0.2, 0.25) is 0 Å². The molecule has 1 aromatic carbocycles. The second-order valence-corrected chi connectivity index (χ2v) is 3.36. The van der Waals surface area contributed by atoms with Gasteiger partial charge in [0.05, 0.1) is 15.9 Å². The molecule has 0 unspecified atom stereocenters. The van der Waals surface area contributed by atoms with Gasteiger partial charge in [-0.3, -0.25) is 4.79 Å². The van der Waals surface area contributed by atoms with Crippen LogP contribution >= 0.6 is 11.6 Å². The van der Waals surface area contributed by atoms with E-state index in [1.54, 1.807) is 24.3 Å². The van der Waals surface area contributed by atoms with Gasteiger partial charge in [-0.25, -0.2) is 0 Å². The maximum Gasteiger partial charge on any atom is 0.270 e. The van der Waals surface area contributed by atoms with Gasteiger partial charge in [-0.05, 0) is 12.1 Å². The quantitative estimate of drug-likeness (QED) is 0.710. The van der Waals surface area contributed by atoms with Gasteiger partial charge in [-0.2, -0.15) is 5.26 Å². The molecule has 2 rings (SSSR count). The fraction of sp³-hybridized carbons (Fsp3) is 0. The van der Waals surface area contributed by atoms with E-state index < -0.39 is 5.56 Å². The van der Waals surface area contributed by atoms with Gasteiger partial charge in [-0.15, -0.1) is 0 Å². The smallest absolute Gasteiger partial charge is 0.270 e. The number of hydrogen-bond acceptors (Lipinski definition) is 3. The summed E-state index contributed by atoms with van der Waals surface area (Å²) in [5, 5.41) is 18.9. The minimum absolute atomic E-state index is 0.287. The van der Waals surface area contributed by atoms with E-state index in [1.165, 1.54) is 0 Å². The zero-order valence-corrected chi connectivity index (χ0v) is 8.17. The highest BCUT2D eigenvalue weighted by Crippen LogP contribution is 2.30. The number of benzene rings is 1. The first kappa shape index (κ1) is 9.56. The van der Waals surface area contributed by atoms with Crippen LogP contribution in [0.15, 0.2) is 23.0 Å². The lowest BCUT2D eigenvalue weighted by Gasteiger charge is -2.03. The third kappa shape index (κ3) is 1.34. The lowest BCUT2D eigenvalue weighted by molar-refractivity contribution is 0.478. The molecule has 0 bridgehead atoms. The van der Waals surface area contributed by atoms with Gasteiger partial charge in [0.25, 0.3) is 5.56 Å². The van der Waals surface area contributed by atoms with Crippen molar-refractivity contribution in [1.29, 1.82) is 5.26 Å². The summed E-state index contributed by atoms with van der Waals surface area (Å²) in [7, 11) is 0. The summed E-state index contributed by atoms with van der Waals surface area (Å²) in [4.78, 5) is 13.8. The van der Waals surface area contributed by atoms with Crippen molar-refractivity contribution in [3.8, 4) is 11.8 Å². The molecule has 4 nitrogen and oxygen atoms in total. The van der Waals surface area contributed by atoms with E-state index in [1.807, 2.05) is 0 Å². The standard InChI is InChI=1S/C10H5ClN2O2/c11-6-2-1-3-7-8(6)9(14)5(4-12)10(15)13-7/h1-3H,(H2,13,14,15). The molecule has 0 saturated heterocycles. The average Bonchev–Trinajstić information content (AvgIpc) is 2.17. The molecule has 0 amide bonds. The summed E-state index contributed by atoms with van der Waals surface area (Å²) < 4.78 is 0. The Labute approximate surface area is 89.3 Å². The van der Waals surface area contributed by atoms with Crippen LogP contribution in [-0.2, 0) is 0 Å². The first-order valence-corrected chi connectivity index (χ1v) is 4.46. The molecule has 0 aliphatic heterocycles. The summed E-state index contributed by atoms with van der Waals surface area (Å²) >= 11 is 5.85. The van der Waals surface area contributed by atoms with Gasteiger partial charge in [0.1, 0.15) is 11.8 Å². The number of halogens is 1. The number of aromatic amines is 1. The number of fused-ring (bicyclic) bond motifs is 1. The Balaban J connectivity index is 3.08. The number of nitriles is 1. The molecule has 0 fully saturated rings. The number of nitrogens with zero attached hydrogens (tertiary/aromatic N) is 1. The monoisotopic (exact) mass is 220 g/mol. The van der Waals surface area contributed by atoms with Crippen molar-refractivity contribution in [1.82, 2.24) is 4.98 Å². The third-order valence-electron chi connectivity index (χ3n) is 2.07. The Morgan fingerprint density at radius 1 is 1.47 bits per heavy atom. The van der Waals surface area contributed by atoms with Crippen molar-refractivity contribution in [2.24, 2.45) is 0 Å². The molecule has 74 valence electrons. The van der Waals surface area contributed by atoms with E-state index in [-0.39, 0.29) is 21.7 Å². The van der Waals surface area contributed by atoms with Crippen LogP contribution < -0.4 is 5.56 Å². The van der Waals surface area contributed by atoms with Crippen LogP contribution in [0.4, 0.5) is 0 Å². The molecule has 0 saturated carbocycles. The number of pyridine rings is 1. The van der Waals surface area contributed by atoms with Gasteiger partial charge in [0, 0.05) is 0 Å². The van der Waals surface area contributed by atoms with Crippen molar-refractivity contribution in [2.45, 2.75) is 0 Å². The highest BCUT2D eigenvalue weighted by molar-refractivity contribution is 6.36. The number of H-pyrrole nitrogens is 1. The van der Waals surface area contributed by atoms with Crippen LogP contribution in [0.1, 0.15) is 5.56 Å². The number of rotatable bonds is 0. The molecule has 2 N–H and O–H groups in total. The predicted molar refractivity (Wildman–Crippen MR) is 56.0 cm³/mol. The van der Waals surface area contributed by atoms with Gasteiger partial charge < -0.3 is 10.1 Å². The Kier molecular flexibility index (Phi) is 2.10. The van der Waals surface area contributed by atoms with Crippen molar-refractivity contribution in [3.05, 3.63) is 39.1 Å². The molecule has 1 heterocycles. The predicted octanol–water partition coefficient (Wildman–Crippen LogP) is 1.76. The van der Waals surface area contributed by atoms with Crippen molar-refractivity contribution >= 4 is 22.5 Å². The average molecular weight is 221 g/mol. The highest BCUT2D eigenvalue weighted by atomic mass is 35.5. The van der Waals surface area contributed by atoms with Crippen LogP contribution in [0.3, 0.4) is 0 Å². The van der Waals surface area contributed by atoms with Crippen molar-refractivity contribution < 1.29 is 5.11 Å². The Bertz CT molecular complexity index is 640. The molecule has 0 spiro atoms. The number of aromatic nitrogens is 1. The molecule has 0 aliphatic rings. The minimum Gasteiger partial charge on any atom is -0.506 e. The molecule has 0 aliphatic carbocycles. The van der Waals surface area contributed by atoms with Gasteiger partial charge >= 0.3 is 0 Å². The Hall–Kier alpha value is -1.99. The molecule has 0 atom stereocenters. The molecular formula is C10H5ClN2O2. The number of aromatic hydroxyl groups is 1. The van der Waals surface area contributed by atoms with E-state index in [0.717, 1.165) is 0 Å². The first-order chi connectivity index (χ1) is 7.15. The first-order valence-electron chi connectivity index (χ1n) is 4.08. The number of hydrogen-bond donors (Lipinski definition) is 2. The van der Waals surface area contributed by atoms with E-state index in [0.29, 0.717) is 5.52 Å². The zero-order chi connectivity index (χ0) is 11.0. The molecule has 1 aromatic heterocycles. The molecule has 2 aromatic rings. The highest BCUT2D eigenvalue weighted by Gasteiger charge is 2.12. The molecule has 5 heteroatoms. The molecule has 0 radical (unpaired) electrons. The fourth-order valence-corrected chi connectivity index (χ4v) is 1.65. The summed E-state index contributed by atoms with van der Waals surface area (Å²) in [6.45, 7) is 0. The van der Waals surface area contributed by atoms with Crippen LogP contribution in [-0.4, -0.2) is 10.1 Å². The summed E-state index contributed by atoms with van der Waals surface area (Å²) in [5.74, 6) is -0.373. The second-order valence-electron chi connectivity index (χ2n) is 2.95.